The van der Waals surface area contributed by atoms with Crippen LogP contribution in [0, 0.1) is 0 Å². The van der Waals surface area contributed by atoms with Crippen LogP contribution in [0.15, 0.2) is 88.7 Å². The summed E-state index contributed by atoms with van der Waals surface area (Å²) in [5.41, 5.74) is 2.11. The SMILES string of the molecule is O=C1C(Sc2ccccc2)=C(c2ccc(Cl)cc2)C(=O)N1CCc1ccc(Cl)cc1. The van der Waals surface area contributed by atoms with Gasteiger partial charge in [0, 0.05) is 21.5 Å². The molecule has 0 atom stereocenters. The monoisotopic (exact) mass is 453 g/mol. The summed E-state index contributed by atoms with van der Waals surface area (Å²) in [7, 11) is 0. The highest BCUT2D eigenvalue weighted by Gasteiger charge is 2.39. The molecule has 3 nitrogen and oxygen atoms in total. The average molecular weight is 454 g/mol. The number of hydrogen-bond donors (Lipinski definition) is 0. The van der Waals surface area contributed by atoms with Crippen molar-refractivity contribution in [2.75, 3.05) is 6.54 Å². The molecule has 0 fully saturated rings. The Morgan fingerprint density at radius 2 is 1.33 bits per heavy atom. The Bertz CT molecular complexity index is 1110. The maximum atomic E-state index is 13.3. The first-order valence-electron chi connectivity index (χ1n) is 9.36. The Labute approximate surface area is 189 Å². The van der Waals surface area contributed by atoms with Crippen molar-refractivity contribution < 1.29 is 9.59 Å². The molecule has 0 aromatic heterocycles. The molecule has 0 radical (unpaired) electrons. The summed E-state index contributed by atoms with van der Waals surface area (Å²) in [5.74, 6) is -0.553. The van der Waals surface area contributed by atoms with Gasteiger partial charge in [-0.1, -0.05) is 77.4 Å². The van der Waals surface area contributed by atoms with Gasteiger partial charge in [-0.2, -0.15) is 0 Å². The van der Waals surface area contributed by atoms with E-state index in [1.54, 1.807) is 36.4 Å². The fourth-order valence-electron chi connectivity index (χ4n) is 3.22. The van der Waals surface area contributed by atoms with Crippen molar-refractivity contribution in [3.8, 4) is 0 Å². The van der Waals surface area contributed by atoms with E-state index in [4.69, 9.17) is 23.2 Å². The molecule has 0 aliphatic carbocycles. The Morgan fingerprint density at radius 3 is 1.97 bits per heavy atom. The van der Waals surface area contributed by atoms with E-state index in [2.05, 4.69) is 0 Å². The summed E-state index contributed by atoms with van der Waals surface area (Å²) in [5, 5.41) is 1.23. The van der Waals surface area contributed by atoms with Gasteiger partial charge in [-0.25, -0.2) is 0 Å². The van der Waals surface area contributed by atoms with E-state index in [9.17, 15) is 9.59 Å². The van der Waals surface area contributed by atoms with Crippen LogP contribution >= 0.6 is 35.0 Å². The highest BCUT2D eigenvalue weighted by atomic mass is 35.5. The number of amides is 2. The molecule has 30 heavy (non-hydrogen) atoms. The van der Waals surface area contributed by atoms with Crippen molar-refractivity contribution in [2.24, 2.45) is 0 Å². The van der Waals surface area contributed by atoms with Crippen LogP contribution in [-0.2, 0) is 16.0 Å². The molecule has 6 heteroatoms. The lowest BCUT2D eigenvalue weighted by Gasteiger charge is -2.15. The van der Waals surface area contributed by atoms with E-state index in [-0.39, 0.29) is 11.8 Å². The van der Waals surface area contributed by atoms with E-state index in [0.717, 1.165) is 10.5 Å². The molecule has 3 aromatic carbocycles. The van der Waals surface area contributed by atoms with Crippen molar-refractivity contribution in [1.29, 1.82) is 0 Å². The number of imide groups is 1. The molecule has 0 spiro atoms. The first-order valence-corrected chi connectivity index (χ1v) is 10.9. The molecule has 150 valence electrons. The molecule has 2 amide bonds. The first-order chi connectivity index (χ1) is 14.5. The van der Waals surface area contributed by atoms with E-state index in [0.29, 0.717) is 39.1 Å². The summed E-state index contributed by atoms with van der Waals surface area (Å²) in [6, 6.07) is 24.0. The van der Waals surface area contributed by atoms with E-state index in [1.165, 1.54) is 16.7 Å². The van der Waals surface area contributed by atoms with Crippen LogP contribution in [0.3, 0.4) is 0 Å². The summed E-state index contributed by atoms with van der Waals surface area (Å²) in [6.45, 7) is 0.301. The van der Waals surface area contributed by atoms with Crippen LogP contribution in [0.4, 0.5) is 0 Å². The fourth-order valence-corrected chi connectivity index (χ4v) is 4.51. The van der Waals surface area contributed by atoms with Crippen LogP contribution < -0.4 is 0 Å². The number of hydrogen-bond acceptors (Lipinski definition) is 3. The third-order valence-corrected chi connectivity index (χ3v) is 6.35. The smallest absolute Gasteiger partial charge is 0.268 e. The Balaban J connectivity index is 1.64. The molecule has 0 N–H and O–H groups in total. The summed E-state index contributed by atoms with van der Waals surface area (Å²) < 4.78 is 0. The van der Waals surface area contributed by atoms with Gasteiger partial charge in [0.1, 0.15) is 0 Å². The Hall–Kier alpha value is -2.53. The molecule has 0 unspecified atom stereocenters. The Morgan fingerprint density at radius 1 is 0.733 bits per heavy atom. The number of benzene rings is 3. The fraction of sp³-hybridized carbons (Fsp3) is 0.0833. The second-order valence-electron chi connectivity index (χ2n) is 6.76. The van der Waals surface area contributed by atoms with Gasteiger partial charge in [0.25, 0.3) is 11.8 Å². The van der Waals surface area contributed by atoms with E-state index >= 15 is 0 Å². The van der Waals surface area contributed by atoms with Crippen LogP contribution in [0.2, 0.25) is 10.0 Å². The minimum absolute atomic E-state index is 0.271. The number of thioether (sulfide) groups is 1. The van der Waals surface area contributed by atoms with Gasteiger partial charge in [0.15, 0.2) is 0 Å². The van der Waals surface area contributed by atoms with Crippen LogP contribution in [0.1, 0.15) is 11.1 Å². The lowest BCUT2D eigenvalue weighted by molar-refractivity contribution is -0.136. The zero-order chi connectivity index (χ0) is 21.1. The average Bonchev–Trinajstić information content (AvgIpc) is 2.98. The van der Waals surface area contributed by atoms with Crippen molar-refractivity contribution in [1.82, 2.24) is 4.90 Å². The van der Waals surface area contributed by atoms with Gasteiger partial charge in [-0.3, -0.25) is 14.5 Å². The lowest BCUT2D eigenvalue weighted by atomic mass is 10.1. The summed E-state index contributed by atoms with van der Waals surface area (Å²) in [6.07, 6.45) is 0.561. The minimum Gasteiger partial charge on any atom is -0.274 e. The van der Waals surface area contributed by atoms with Gasteiger partial charge in [0.2, 0.25) is 0 Å². The van der Waals surface area contributed by atoms with E-state index in [1.807, 2.05) is 42.5 Å². The molecule has 4 rings (SSSR count). The molecule has 3 aromatic rings. The van der Waals surface area contributed by atoms with Crippen molar-refractivity contribution >= 4 is 52.4 Å². The molecule has 1 aliphatic rings. The third-order valence-electron chi connectivity index (χ3n) is 4.76. The van der Waals surface area contributed by atoms with Gasteiger partial charge in [0.05, 0.1) is 10.5 Å². The topological polar surface area (TPSA) is 37.4 Å². The number of nitrogens with zero attached hydrogens (tertiary/aromatic N) is 1. The van der Waals surface area contributed by atoms with E-state index < -0.39 is 0 Å². The number of carbonyl (C=O) groups excluding carboxylic acids is 2. The second-order valence-corrected chi connectivity index (χ2v) is 8.72. The molecule has 0 saturated heterocycles. The minimum atomic E-state index is -0.283. The van der Waals surface area contributed by atoms with Gasteiger partial charge in [-0.15, -0.1) is 0 Å². The molecule has 0 saturated carbocycles. The number of rotatable bonds is 6. The maximum absolute atomic E-state index is 13.3. The second kappa shape index (κ2) is 9.09. The van der Waals surface area contributed by atoms with Gasteiger partial charge >= 0.3 is 0 Å². The maximum Gasteiger partial charge on any atom is 0.268 e. The highest BCUT2D eigenvalue weighted by Crippen LogP contribution is 2.39. The number of halogens is 2. The Kier molecular flexibility index (Phi) is 6.28. The largest absolute Gasteiger partial charge is 0.274 e. The van der Waals surface area contributed by atoms with Crippen molar-refractivity contribution in [3.63, 3.8) is 0 Å². The first kappa shape index (κ1) is 20.7. The lowest BCUT2D eigenvalue weighted by Crippen LogP contribution is -2.33. The third kappa shape index (κ3) is 4.46. The molecule has 1 heterocycles. The van der Waals surface area contributed by atoms with Gasteiger partial charge in [-0.05, 0) is 53.9 Å². The standard InChI is InChI=1S/C24H17Cl2NO2S/c25-18-10-6-16(7-11-18)14-15-27-23(28)21(17-8-12-19(26)13-9-17)22(24(27)29)30-20-4-2-1-3-5-20/h1-13H,14-15H2. The quantitative estimate of drug-likeness (QED) is 0.422. The summed E-state index contributed by atoms with van der Waals surface area (Å²) in [4.78, 5) is 29.1. The molecule has 1 aliphatic heterocycles. The molecule has 0 bridgehead atoms. The van der Waals surface area contributed by atoms with Gasteiger partial charge < -0.3 is 0 Å². The summed E-state index contributed by atoms with van der Waals surface area (Å²) >= 11 is 13.3. The zero-order valence-electron chi connectivity index (χ0n) is 15.8. The van der Waals surface area contributed by atoms with Crippen LogP contribution in [-0.4, -0.2) is 23.3 Å². The zero-order valence-corrected chi connectivity index (χ0v) is 18.2. The number of carbonyl (C=O) groups is 2. The highest BCUT2D eigenvalue weighted by molar-refractivity contribution is 8.04. The van der Waals surface area contributed by atoms with Crippen molar-refractivity contribution in [3.05, 3.63) is 105 Å². The van der Waals surface area contributed by atoms with Crippen molar-refractivity contribution in [2.45, 2.75) is 11.3 Å². The van der Waals surface area contributed by atoms with Crippen LogP contribution in [0.5, 0.6) is 0 Å². The predicted octanol–water partition coefficient (Wildman–Crippen LogP) is 6.11. The molecular formula is C24H17Cl2NO2S. The van der Waals surface area contributed by atoms with Crippen LogP contribution in [0.25, 0.3) is 5.57 Å². The predicted molar refractivity (Wildman–Crippen MR) is 123 cm³/mol. The normalized spacial score (nSPS) is 14.0. The molecular weight excluding hydrogens is 437 g/mol.